The van der Waals surface area contributed by atoms with E-state index in [1.807, 2.05) is 6.92 Å². The molecule has 1 atom stereocenters. The van der Waals surface area contributed by atoms with Crippen molar-refractivity contribution in [3.63, 3.8) is 0 Å². The van der Waals surface area contributed by atoms with Crippen LogP contribution in [0, 0.1) is 5.92 Å². The van der Waals surface area contributed by atoms with Crippen LogP contribution in [0.1, 0.15) is 32.6 Å². The third-order valence-electron chi connectivity index (χ3n) is 3.28. The van der Waals surface area contributed by atoms with Gasteiger partial charge in [-0.2, -0.15) is 13.2 Å². The number of carbonyl (C=O) groups is 1. The number of hydrogen-bond acceptors (Lipinski definition) is 2. The first-order valence-corrected chi connectivity index (χ1v) is 5.89. The number of likely N-dealkylation sites (tertiary alicyclic amines) is 1. The summed E-state index contributed by atoms with van der Waals surface area (Å²) < 4.78 is 37.3. The lowest BCUT2D eigenvalue weighted by atomic mass is 9.94. The first-order chi connectivity index (χ1) is 7.86. The average molecular weight is 253 g/mol. The fraction of sp³-hybridized carbons (Fsp3) is 0.909. The summed E-state index contributed by atoms with van der Waals surface area (Å²) in [4.78, 5) is 12.7. The topological polar surface area (TPSA) is 40.5 Å². The SMILES string of the molecule is CCCC(C(=O)O)N1CCC(C(F)(F)F)CC1. The molecule has 0 bridgehead atoms. The lowest BCUT2D eigenvalue weighted by molar-refractivity contribution is -0.186. The molecular weight excluding hydrogens is 235 g/mol. The monoisotopic (exact) mass is 253 g/mol. The predicted octanol–water partition coefficient (Wildman–Crippen LogP) is 2.51. The first kappa shape index (κ1) is 14.3. The van der Waals surface area contributed by atoms with E-state index in [2.05, 4.69) is 0 Å². The number of nitrogens with zero attached hydrogens (tertiary/aromatic N) is 1. The summed E-state index contributed by atoms with van der Waals surface area (Å²) in [6, 6.07) is -0.630. The van der Waals surface area contributed by atoms with Crippen molar-refractivity contribution in [2.75, 3.05) is 13.1 Å². The number of carboxylic acids is 1. The molecule has 1 saturated heterocycles. The summed E-state index contributed by atoms with van der Waals surface area (Å²) in [5.41, 5.74) is 0. The molecular formula is C11H18F3NO2. The Morgan fingerprint density at radius 1 is 1.41 bits per heavy atom. The highest BCUT2D eigenvalue weighted by molar-refractivity contribution is 5.73. The van der Waals surface area contributed by atoms with E-state index < -0.39 is 24.1 Å². The van der Waals surface area contributed by atoms with Gasteiger partial charge in [-0.25, -0.2) is 0 Å². The maximum atomic E-state index is 12.4. The lowest BCUT2D eigenvalue weighted by Crippen LogP contribution is -2.47. The molecule has 0 aromatic heterocycles. The van der Waals surface area contributed by atoms with Crippen molar-refractivity contribution < 1.29 is 23.1 Å². The van der Waals surface area contributed by atoms with Gasteiger partial charge < -0.3 is 5.11 Å². The van der Waals surface area contributed by atoms with Crippen LogP contribution in [-0.2, 0) is 4.79 Å². The number of halogens is 3. The quantitative estimate of drug-likeness (QED) is 0.837. The molecule has 6 heteroatoms. The zero-order valence-electron chi connectivity index (χ0n) is 9.83. The molecule has 0 aliphatic carbocycles. The second-order valence-corrected chi connectivity index (χ2v) is 4.49. The largest absolute Gasteiger partial charge is 0.480 e. The van der Waals surface area contributed by atoms with Crippen molar-refractivity contribution in [1.29, 1.82) is 0 Å². The Bertz CT molecular complexity index is 260. The summed E-state index contributed by atoms with van der Waals surface area (Å²) in [6.45, 7) is 2.32. The molecule has 0 aromatic carbocycles. The average Bonchev–Trinajstić information content (AvgIpc) is 2.24. The van der Waals surface area contributed by atoms with E-state index in [4.69, 9.17) is 5.11 Å². The van der Waals surface area contributed by atoms with Crippen molar-refractivity contribution in [3.05, 3.63) is 0 Å². The van der Waals surface area contributed by atoms with Gasteiger partial charge in [-0.05, 0) is 32.4 Å². The fourth-order valence-corrected chi connectivity index (χ4v) is 2.27. The van der Waals surface area contributed by atoms with Gasteiger partial charge in [0, 0.05) is 0 Å². The maximum absolute atomic E-state index is 12.4. The second kappa shape index (κ2) is 5.71. The van der Waals surface area contributed by atoms with Gasteiger partial charge >= 0.3 is 12.1 Å². The van der Waals surface area contributed by atoms with Crippen LogP contribution in [0.4, 0.5) is 13.2 Å². The van der Waals surface area contributed by atoms with Crippen molar-refractivity contribution in [1.82, 2.24) is 4.90 Å². The van der Waals surface area contributed by atoms with E-state index in [0.29, 0.717) is 6.42 Å². The Kier molecular flexibility index (Phi) is 4.80. The lowest BCUT2D eigenvalue weighted by Gasteiger charge is -2.36. The van der Waals surface area contributed by atoms with Gasteiger partial charge in [-0.3, -0.25) is 9.69 Å². The number of carboxylic acid groups (broad SMARTS) is 1. The Morgan fingerprint density at radius 2 is 1.94 bits per heavy atom. The van der Waals surface area contributed by atoms with Gasteiger partial charge in [-0.1, -0.05) is 13.3 Å². The molecule has 0 radical (unpaired) electrons. The molecule has 0 saturated carbocycles. The summed E-state index contributed by atoms with van der Waals surface area (Å²) in [5, 5.41) is 9.02. The Labute approximate surface area is 98.6 Å². The van der Waals surface area contributed by atoms with Crippen LogP contribution in [0.15, 0.2) is 0 Å². The maximum Gasteiger partial charge on any atom is 0.391 e. The Hall–Kier alpha value is -0.780. The molecule has 1 unspecified atom stereocenters. The van der Waals surface area contributed by atoms with Gasteiger partial charge in [0.25, 0.3) is 0 Å². The number of piperidine rings is 1. The molecule has 0 spiro atoms. The van der Waals surface area contributed by atoms with Crippen molar-refractivity contribution in [3.8, 4) is 0 Å². The minimum absolute atomic E-state index is 0.0109. The molecule has 1 fully saturated rings. The number of rotatable bonds is 4. The highest BCUT2D eigenvalue weighted by Crippen LogP contribution is 2.34. The van der Waals surface area contributed by atoms with Crippen molar-refractivity contribution in [2.24, 2.45) is 5.92 Å². The second-order valence-electron chi connectivity index (χ2n) is 4.49. The predicted molar refractivity (Wildman–Crippen MR) is 56.7 cm³/mol. The van der Waals surface area contributed by atoms with Crippen LogP contribution in [-0.4, -0.2) is 41.3 Å². The summed E-state index contributed by atoms with van der Waals surface area (Å²) in [5.74, 6) is -2.20. The van der Waals surface area contributed by atoms with Crippen molar-refractivity contribution in [2.45, 2.75) is 44.8 Å². The smallest absolute Gasteiger partial charge is 0.391 e. The van der Waals surface area contributed by atoms with Gasteiger partial charge in [0.2, 0.25) is 0 Å². The molecule has 0 aromatic rings. The van der Waals surface area contributed by atoms with E-state index in [1.165, 1.54) is 0 Å². The van der Waals surface area contributed by atoms with Crippen LogP contribution in [0.25, 0.3) is 0 Å². The third kappa shape index (κ3) is 3.87. The van der Waals surface area contributed by atoms with Gasteiger partial charge in [0.05, 0.1) is 5.92 Å². The van der Waals surface area contributed by atoms with Crippen LogP contribution in [0.3, 0.4) is 0 Å². The zero-order chi connectivity index (χ0) is 13.1. The Balaban J connectivity index is 2.52. The summed E-state index contributed by atoms with van der Waals surface area (Å²) in [7, 11) is 0. The normalized spacial score (nSPS) is 21.4. The summed E-state index contributed by atoms with van der Waals surface area (Å²) in [6.07, 6.45) is -2.91. The van der Waals surface area contributed by atoms with E-state index in [1.54, 1.807) is 4.90 Å². The number of aliphatic carboxylic acids is 1. The molecule has 100 valence electrons. The van der Waals surface area contributed by atoms with Gasteiger partial charge in [0.15, 0.2) is 0 Å². The first-order valence-electron chi connectivity index (χ1n) is 5.89. The van der Waals surface area contributed by atoms with E-state index in [0.717, 1.165) is 6.42 Å². The molecule has 1 heterocycles. The number of hydrogen-bond donors (Lipinski definition) is 1. The van der Waals surface area contributed by atoms with E-state index in [-0.39, 0.29) is 25.9 Å². The van der Waals surface area contributed by atoms with E-state index in [9.17, 15) is 18.0 Å². The van der Waals surface area contributed by atoms with Gasteiger partial charge in [0.1, 0.15) is 6.04 Å². The molecule has 17 heavy (non-hydrogen) atoms. The molecule has 0 amide bonds. The van der Waals surface area contributed by atoms with Crippen LogP contribution >= 0.6 is 0 Å². The highest BCUT2D eigenvalue weighted by atomic mass is 19.4. The molecule has 1 rings (SSSR count). The van der Waals surface area contributed by atoms with Crippen LogP contribution < -0.4 is 0 Å². The highest BCUT2D eigenvalue weighted by Gasteiger charge is 2.42. The third-order valence-corrected chi connectivity index (χ3v) is 3.28. The van der Waals surface area contributed by atoms with Gasteiger partial charge in [-0.15, -0.1) is 0 Å². The standard InChI is InChI=1S/C11H18F3NO2/c1-2-3-9(10(16)17)15-6-4-8(5-7-15)11(12,13)14/h8-9H,2-7H2,1H3,(H,16,17). The Morgan fingerprint density at radius 3 is 2.29 bits per heavy atom. The zero-order valence-corrected chi connectivity index (χ0v) is 9.83. The van der Waals surface area contributed by atoms with Crippen LogP contribution in [0.2, 0.25) is 0 Å². The van der Waals surface area contributed by atoms with Crippen LogP contribution in [0.5, 0.6) is 0 Å². The van der Waals surface area contributed by atoms with Crippen molar-refractivity contribution >= 4 is 5.97 Å². The minimum atomic E-state index is -4.14. The molecule has 1 aliphatic rings. The minimum Gasteiger partial charge on any atom is -0.480 e. The molecule has 1 N–H and O–H groups in total. The molecule has 1 aliphatic heterocycles. The fourth-order valence-electron chi connectivity index (χ4n) is 2.27. The van der Waals surface area contributed by atoms with E-state index >= 15 is 0 Å². The summed E-state index contributed by atoms with van der Waals surface area (Å²) >= 11 is 0. The molecule has 3 nitrogen and oxygen atoms in total. The number of alkyl halides is 3.